The lowest BCUT2D eigenvalue weighted by molar-refractivity contribution is -0.127. The maximum absolute atomic E-state index is 13.0. The highest BCUT2D eigenvalue weighted by Crippen LogP contribution is 2.34. The number of benzene rings is 4. The molecule has 0 unspecified atom stereocenters. The third-order valence-electron chi connectivity index (χ3n) is 8.51. The molecule has 1 aromatic heterocycles. The summed E-state index contributed by atoms with van der Waals surface area (Å²) in [7, 11) is 0. The van der Waals surface area contributed by atoms with E-state index < -0.39 is 0 Å². The van der Waals surface area contributed by atoms with E-state index in [1.807, 2.05) is 66.4 Å². The van der Waals surface area contributed by atoms with Crippen molar-refractivity contribution in [3.8, 4) is 23.1 Å². The molecule has 2 heterocycles. The molecule has 270 valence electrons. The minimum absolute atomic E-state index is 0. The van der Waals surface area contributed by atoms with Crippen molar-refractivity contribution in [2.75, 3.05) is 32.8 Å². The number of pyridine rings is 1. The standard InChI is InChI=1S/C41H38Cl3N3O4.ClH/c1-29-23-32(24-38(44)41(29)51-39-15-14-36(26-45-39)50-28-33-5-2-3-8-37(33)43)13-16-40(48)47-20-18-46(19-21-47)27-31-11-9-30(10-12-31)17-22-49-35-7-4-6-34(42)25-35;/h2-16,23-26H,17-22,27-28H2,1H3;1H/b16-13+;. The van der Waals surface area contributed by atoms with Crippen LogP contribution in [0.25, 0.3) is 6.08 Å². The van der Waals surface area contributed by atoms with Gasteiger partial charge in [0.05, 0.1) is 17.8 Å². The molecule has 52 heavy (non-hydrogen) atoms. The number of carbonyl (C=O) groups is 1. The zero-order chi connectivity index (χ0) is 35.6. The summed E-state index contributed by atoms with van der Waals surface area (Å²) in [5.41, 5.74) is 5.00. The topological polar surface area (TPSA) is 64.1 Å². The predicted octanol–water partition coefficient (Wildman–Crippen LogP) is 10.1. The molecule has 0 N–H and O–H groups in total. The SMILES string of the molecule is Cc1cc(/C=C/C(=O)N2CCN(Cc3ccc(CCOc4cccc(Cl)c4)cc3)CC2)cc(Cl)c1Oc1ccc(OCc2ccccc2Cl)cn1.Cl. The highest BCUT2D eigenvalue weighted by Gasteiger charge is 2.20. The third kappa shape index (κ3) is 11.1. The van der Waals surface area contributed by atoms with Crippen LogP contribution in [0.3, 0.4) is 0 Å². The first-order chi connectivity index (χ1) is 24.8. The molecule has 1 fully saturated rings. The number of piperazine rings is 1. The lowest BCUT2D eigenvalue weighted by atomic mass is 10.1. The normalized spacial score (nSPS) is 13.1. The average Bonchev–Trinajstić information content (AvgIpc) is 3.13. The second-order valence-corrected chi connectivity index (χ2v) is 13.5. The van der Waals surface area contributed by atoms with Crippen LogP contribution in [0.4, 0.5) is 0 Å². The van der Waals surface area contributed by atoms with E-state index in [9.17, 15) is 4.79 Å². The number of aryl methyl sites for hydroxylation is 1. The fourth-order valence-corrected chi connectivity index (χ4v) is 6.37. The molecule has 0 atom stereocenters. The Morgan fingerprint density at radius 3 is 2.29 bits per heavy atom. The molecular formula is C41H39Cl4N3O4. The number of carbonyl (C=O) groups excluding carboxylic acids is 1. The Morgan fingerprint density at radius 1 is 0.808 bits per heavy atom. The Kier molecular flexibility index (Phi) is 14.3. The zero-order valence-electron chi connectivity index (χ0n) is 28.6. The molecule has 4 aromatic carbocycles. The van der Waals surface area contributed by atoms with E-state index in [0.717, 1.165) is 48.5 Å². The number of nitrogens with zero attached hydrogens (tertiary/aromatic N) is 3. The van der Waals surface area contributed by atoms with E-state index in [1.165, 1.54) is 11.1 Å². The van der Waals surface area contributed by atoms with Gasteiger partial charge in [-0.3, -0.25) is 9.69 Å². The van der Waals surface area contributed by atoms with Gasteiger partial charge < -0.3 is 19.1 Å². The predicted molar refractivity (Wildman–Crippen MR) is 212 cm³/mol. The van der Waals surface area contributed by atoms with E-state index in [-0.39, 0.29) is 18.3 Å². The molecule has 7 nitrogen and oxygen atoms in total. The van der Waals surface area contributed by atoms with E-state index in [0.29, 0.717) is 58.8 Å². The van der Waals surface area contributed by atoms with Crippen molar-refractivity contribution in [3.63, 3.8) is 0 Å². The Balaban J connectivity index is 0.00000523. The number of rotatable bonds is 13. The van der Waals surface area contributed by atoms with Gasteiger partial charge in [-0.15, -0.1) is 12.4 Å². The largest absolute Gasteiger partial charge is 0.493 e. The zero-order valence-corrected chi connectivity index (χ0v) is 31.7. The van der Waals surface area contributed by atoms with Crippen LogP contribution in [0.15, 0.2) is 109 Å². The van der Waals surface area contributed by atoms with E-state index in [4.69, 9.17) is 49.0 Å². The summed E-state index contributed by atoms with van der Waals surface area (Å²) in [6.07, 6.45) is 5.82. The van der Waals surface area contributed by atoms with Gasteiger partial charge in [0.1, 0.15) is 18.1 Å². The Morgan fingerprint density at radius 2 is 1.58 bits per heavy atom. The molecule has 1 aliphatic heterocycles. The number of hydrogen-bond donors (Lipinski definition) is 0. The van der Waals surface area contributed by atoms with Crippen molar-refractivity contribution in [1.82, 2.24) is 14.8 Å². The maximum Gasteiger partial charge on any atom is 0.246 e. The number of halogens is 4. The van der Waals surface area contributed by atoms with Crippen LogP contribution < -0.4 is 14.2 Å². The summed E-state index contributed by atoms with van der Waals surface area (Å²) < 4.78 is 17.6. The second kappa shape index (κ2) is 19.0. The molecular weight excluding hydrogens is 740 g/mol. The number of hydrogen-bond acceptors (Lipinski definition) is 6. The molecule has 1 saturated heterocycles. The molecule has 0 saturated carbocycles. The second-order valence-electron chi connectivity index (χ2n) is 12.3. The van der Waals surface area contributed by atoms with Gasteiger partial charge in [-0.05, 0) is 77.7 Å². The third-order valence-corrected chi connectivity index (χ3v) is 9.39. The van der Waals surface area contributed by atoms with Crippen molar-refractivity contribution >= 4 is 59.2 Å². The van der Waals surface area contributed by atoms with Gasteiger partial charge in [0.15, 0.2) is 5.75 Å². The first kappa shape index (κ1) is 39.0. The molecule has 1 amide bonds. The summed E-state index contributed by atoms with van der Waals surface area (Å²) in [6, 6.07) is 30.9. The van der Waals surface area contributed by atoms with Gasteiger partial charge in [0.2, 0.25) is 11.8 Å². The Bertz CT molecular complexity index is 1940. The van der Waals surface area contributed by atoms with Crippen LogP contribution >= 0.6 is 47.2 Å². The van der Waals surface area contributed by atoms with Crippen molar-refractivity contribution in [1.29, 1.82) is 0 Å². The first-order valence-electron chi connectivity index (χ1n) is 16.7. The van der Waals surface area contributed by atoms with Crippen LogP contribution in [-0.4, -0.2) is 53.5 Å². The van der Waals surface area contributed by atoms with Gasteiger partial charge in [0, 0.05) is 66.9 Å². The summed E-state index contributed by atoms with van der Waals surface area (Å²) in [5.74, 6) is 2.24. The quantitative estimate of drug-likeness (QED) is 0.111. The highest BCUT2D eigenvalue weighted by molar-refractivity contribution is 6.32. The van der Waals surface area contributed by atoms with Crippen molar-refractivity contribution in [2.45, 2.75) is 26.5 Å². The van der Waals surface area contributed by atoms with Crippen molar-refractivity contribution < 1.29 is 19.0 Å². The van der Waals surface area contributed by atoms with Crippen molar-refractivity contribution in [3.05, 3.63) is 152 Å². The first-order valence-corrected chi connectivity index (χ1v) is 17.9. The smallest absolute Gasteiger partial charge is 0.246 e. The molecule has 11 heteroatoms. The summed E-state index contributed by atoms with van der Waals surface area (Å²) in [5, 5.41) is 1.75. The van der Waals surface area contributed by atoms with Gasteiger partial charge in [-0.2, -0.15) is 0 Å². The average molecular weight is 780 g/mol. The Hall–Kier alpha value is -4.24. The molecule has 0 radical (unpaired) electrons. The fraction of sp³-hybridized carbons (Fsp3) is 0.220. The molecule has 1 aliphatic rings. The minimum atomic E-state index is -0.0193. The van der Waals surface area contributed by atoms with Crippen LogP contribution in [0, 0.1) is 6.92 Å². The molecule has 5 aromatic rings. The highest BCUT2D eigenvalue weighted by atomic mass is 35.5. The molecule has 0 aliphatic carbocycles. The van der Waals surface area contributed by atoms with E-state index >= 15 is 0 Å². The maximum atomic E-state index is 13.0. The summed E-state index contributed by atoms with van der Waals surface area (Å²) in [4.78, 5) is 21.7. The van der Waals surface area contributed by atoms with Crippen LogP contribution in [0.1, 0.15) is 27.8 Å². The fourth-order valence-electron chi connectivity index (χ4n) is 5.69. The lowest BCUT2D eigenvalue weighted by Crippen LogP contribution is -2.47. The van der Waals surface area contributed by atoms with E-state index in [2.05, 4.69) is 34.1 Å². The Labute approximate surface area is 326 Å². The van der Waals surface area contributed by atoms with Gasteiger partial charge in [-0.1, -0.05) is 83.3 Å². The minimum Gasteiger partial charge on any atom is -0.493 e. The summed E-state index contributed by atoms with van der Waals surface area (Å²) >= 11 is 18.9. The molecule has 6 rings (SSSR count). The van der Waals surface area contributed by atoms with Crippen LogP contribution in [0.5, 0.6) is 23.1 Å². The van der Waals surface area contributed by atoms with Crippen molar-refractivity contribution in [2.24, 2.45) is 0 Å². The van der Waals surface area contributed by atoms with Crippen LogP contribution in [-0.2, 0) is 24.4 Å². The number of aromatic nitrogens is 1. The number of ether oxygens (including phenoxy) is 3. The lowest BCUT2D eigenvalue weighted by Gasteiger charge is -2.34. The molecule has 0 spiro atoms. The summed E-state index contributed by atoms with van der Waals surface area (Å²) in [6.45, 7) is 6.65. The molecule has 0 bridgehead atoms. The number of amides is 1. The van der Waals surface area contributed by atoms with E-state index in [1.54, 1.807) is 36.5 Å². The van der Waals surface area contributed by atoms with Gasteiger partial charge in [0.25, 0.3) is 0 Å². The van der Waals surface area contributed by atoms with Gasteiger partial charge in [-0.25, -0.2) is 4.98 Å². The monoisotopic (exact) mass is 777 g/mol. The van der Waals surface area contributed by atoms with Gasteiger partial charge >= 0.3 is 0 Å². The van der Waals surface area contributed by atoms with Crippen LogP contribution in [0.2, 0.25) is 15.1 Å².